The normalized spacial score (nSPS) is 9.96. The minimum absolute atomic E-state index is 0. The third-order valence-corrected chi connectivity index (χ3v) is 5.01. The van der Waals surface area contributed by atoms with Crippen molar-refractivity contribution in [2.24, 2.45) is 0 Å². The molecule has 146 valence electrons. The van der Waals surface area contributed by atoms with Crippen LogP contribution in [0.4, 0.5) is 11.4 Å². The molecule has 0 spiro atoms. The monoisotopic (exact) mass is 427 g/mol. The number of methoxy groups -OCH3 is 1. The number of ether oxygens (including phenoxy) is 1. The highest BCUT2D eigenvalue weighted by Gasteiger charge is 2.08. The molecule has 27 heavy (non-hydrogen) atoms. The number of hydrogen-bond donors (Lipinski definition) is 2. The first-order chi connectivity index (χ1) is 12.2. The predicted octanol–water partition coefficient (Wildman–Crippen LogP) is 5.08. The van der Waals surface area contributed by atoms with Crippen LogP contribution in [0.3, 0.4) is 0 Å². The van der Waals surface area contributed by atoms with Gasteiger partial charge in [0.25, 0.3) is 0 Å². The predicted molar refractivity (Wildman–Crippen MR) is 118 cm³/mol. The highest BCUT2D eigenvalue weighted by Crippen LogP contribution is 2.25. The molecule has 0 saturated carbocycles. The lowest BCUT2D eigenvalue weighted by Gasteiger charge is -2.09. The Balaban J connectivity index is 0.00000182. The van der Waals surface area contributed by atoms with Crippen LogP contribution in [-0.2, 0) is 11.2 Å². The second kappa shape index (κ2) is 11.0. The maximum atomic E-state index is 12.1. The van der Waals surface area contributed by atoms with Crippen LogP contribution in [0.25, 0.3) is 10.2 Å². The van der Waals surface area contributed by atoms with E-state index in [1.54, 1.807) is 36.6 Å². The number of unbranched alkanes of at least 4 members (excludes halogenated alkanes) is 1. The first-order valence-corrected chi connectivity index (χ1v) is 9.05. The second-order valence-corrected chi connectivity index (χ2v) is 6.90. The average Bonchev–Trinajstić information content (AvgIpc) is 3.03. The van der Waals surface area contributed by atoms with E-state index in [4.69, 9.17) is 10.5 Å². The van der Waals surface area contributed by atoms with Crippen LogP contribution in [0.2, 0.25) is 0 Å². The van der Waals surface area contributed by atoms with Crippen molar-refractivity contribution in [3.63, 3.8) is 0 Å². The van der Waals surface area contributed by atoms with Crippen molar-refractivity contribution in [2.45, 2.75) is 25.7 Å². The van der Waals surface area contributed by atoms with E-state index in [0.717, 1.165) is 29.8 Å². The molecular formula is C19H23Cl2N3O2S. The molecule has 0 radical (unpaired) electrons. The van der Waals surface area contributed by atoms with Crippen LogP contribution in [-0.4, -0.2) is 18.0 Å². The zero-order valence-corrected chi connectivity index (χ0v) is 17.4. The summed E-state index contributed by atoms with van der Waals surface area (Å²) in [6.45, 7) is 0. The number of benzene rings is 2. The molecule has 1 amide bonds. The number of nitrogens with two attached hydrogens (primary N) is 1. The minimum atomic E-state index is -0.0377. The van der Waals surface area contributed by atoms with Crippen LogP contribution in [0.15, 0.2) is 42.5 Å². The summed E-state index contributed by atoms with van der Waals surface area (Å²) in [4.78, 5) is 16.7. The molecule has 0 saturated heterocycles. The van der Waals surface area contributed by atoms with Gasteiger partial charge >= 0.3 is 0 Å². The third-order valence-electron chi connectivity index (χ3n) is 3.92. The van der Waals surface area contributed by atoms with E-state index in [2.05, 4.69) is 16.4 Å². The summed E-state index contributed by atoms with van der Waals surface area (Å²) in [6.07, 6.45) is 3.10. The number of rotatable bonds is 7. The van der Waals surface area contributed by atoms with Gasteiger partial charge in [-0.2, -0.15) is 0 Å². The molecule has 3 N–H and O–H groups in total. The lowest BCUT2D eigenvalue weighted by Crippen LogP contribution is -2.12. The van der Waals surface area contributed by atoms with E-state index in [0.29, 0.717) is 23.5 Å². The minimum Gasteiger partial charge on any atom is -0.497 e. The fourth-order valence-corrected chi connectivity index (χ4v) is 3.58. The van der Waals surface area contributed by atoms with Crippen LogP contribution in [0.1, 0.15) is 24.3 Å². The van der Waals surface area contributed by atoms with Gasteiger partial charge in [-0.25, -0.2) is 4.98 Å². The SMILES string of the molecule is COc1ccc(N)c(NC(=O)CCCCc2nc3ccccc3s2)c1.Cl.Cl. The van der Waals surface area contributed by atoms with Crippen molar-refractivity contribution >= 4 is 63.6 Å². The molecule has 0 unspecified atom stereocenters. The molecule has 0 aliphatic carbocycles. The molecule has 1 heterocycles. The molecular weight excluding hydrogens is 405 g/mol. The molecule has 2 aromatic carbocycles. The van der Waals surface area contributed by atoms with Crippen LogP contribution < -0.4 is 15.8 Å². The Bertz CT molecular complexity index is 853. The van der Waals surface area contributed by atoms with Gasteiger partial charge in [-0.1, -0.05) is 12.1 Å². The Morgan fingerprint density at radius 2 is 1.96 bits per heavy atom. The van der Waals surface area contributed by atoms with Gasteiger partial charge in [-0.3, -0.25) is 4.79 Å². The summed E-state index contributed by atoms with van der Waals surface area (Å²) in [6, 6.07) is 13.4. The van der Waals surface area contributed by atoms with Gasteiger partial charge in [0.2, 0.25) is 5.91 Å². The quantitative estimate of drug-likeness (QED) is 0.406. The lowest BCUT2D eigenvalue weighted by atomic mass is 10.2. The fourth-order valence-electron chi connectivity index (χ4n) is 2.57. The number of nitrogens with one attached hydrogen (secondary N) is 1. The Morgan fingerprint density at radius 1 is 1.19 bits per heavy atom. The smallest absolute Gasteiger partial charge is 0.224 e. The number of thiazole rings is 1. The number of nitrogens with zero attached hydrogens (tertiary/aromatic N) is 1. The zero-order valence-electron chi connectivity index (χ0n) is 14.9. The van der Waals surface area contributed by atoms with Gasteiger partial charge in [0.15, 0.2) is 0 Å². The molecule has 8 heteroatoms. The number of carbonyl (C=O) groups excluding carboxylic acids is 1. The van der Waals surface area contributed by atoms with Gasteiger partial charge < -0.3 is 15.8 Å². The molecule has 0 bridgehead atoms. The van der Waals surface area contributed by atoms with Gasteiger partial charge in [0.05, 0.1) is 33.7 Å². The maximum absolute atomic E-state index is 12.1. The largest absolute Gasteiger partial charge is 0.497 e. The number of halogens is 2. The van der Waals surface area contributed by atoms with E-state index in [1.807, 2.05) is 18.2 Å². The number of fused-ring (bicyclic) bond motifs is 1. The standard InChI is InChI=1S/C19H21N3O2S.2ClH/c1-24-13-10-11-14(20)16(12-13)21-18(23)8-4-5-9-19-22-15-6-2-3-7-17(15)25-19;;/h2-3,6-7,10-12H,4-5,8-9,20H2,1H3,(H,21,23);2*1H. The van der Waals surface area contributed by atoms with E-state index < -0.39 is 0 Å². The molecule has 3 aromatic rings. The number of para-hydroxylation sites is 1. The molecule has 0 aliphatic rings. The van der Waals surface area contributed by atoms with Crippen molar-refractivity contribution in [3.05, 3.63) is 47.5 Å². The Labute approximate surface area is 175 Å². The number of nitrogen functional groups attached to an aromatic ring is 1. The van der Waals surface area contributed by atoms with Crippen molar-refractivity contribution in [1.29, 1.82) is 0 Å². The highest BCUT2D eigenvalue weighted by molar-refractivity contribution is 7.18. The zero-order chi connectivity index (χ0) is 17.6. The number of aromatic nitrogens is 1. The van der Waals surface area contributed by atoms with Crippen LogP contribution in [0.5, 0.6) is 5.75 Å². The van der Waals surface area contributed by atoms with Crippen molar-refractivity contribution < 1.29 is 9.53 Å². The van der Waals surface area contributed by atoms with E-state index >= 15 is 0 Å². The molecule has 0 atom stereocenters. The summed E-state index contributed by atoms with van der Waals surface area (Å²) in [7, 11) is 1.58. The number of aryl methyl sites for hydroxylation is 1. The van der Waals surface area contributed by atoms with Gasteiger partial charge in [-0.05, 0) is 43.5 Å². The van der Waals surface area contributed by atoms with Gasteiger partial charge in [0, 0.05) is 12.5 Å². The Hall–Kier alpha value is -2.02. The van der Waals surface area contributed by atoms with Crippen molar-refractivity contribution in [2.75, 3.05) is 18.2 Å². The average molecular weight is 428 g/mol. The van der Waals surface area contributed by atoms with Crippen LogP contribution >= 0.6 is 36.2 Å². The van der Waals surface area contributed by atoms with E-state index in [1.165, 1.54) is 4.70 Å². The van der Waals surface area contributed by atoms with Crippen molar-refractivity contribution in [3.8, 4) is 5.75 Å². The molecule has 1 aromatic heterocycles. The Kier molecular flexibility index (Phi) is 9.35. The molecule has 3 rings (SSSR count). The highest BCUT2D eigenvalue weighted by atomic mass is 35.5. The molecule has 0 aliphatic heterocycles. The fraction of sp³-hybridized carbons (Fsp3) is 0.263. The van der Waals surface area contributed by atoms with E-state index in [-0.39, 0.29) is 30.7 Å². The summed E-state index contributed by atoms with van der Waals surface area (Å²) < 4.78 is 6.36. The van der Waals surface area contributed by atoms with Gasteiger partial charge in [-0.15, -0.1) is 36.2 Å². The maximum Gasteiger partial charge on any atom is 0.224 e. The number of carbonyl (C=O) groups is 1. The van der Waals surface area contributed by atoms with E-state index in [9.17, 15) is 4.79 Å². The third kappa shape index (κ3) is 6.27. The molecule has 5 nitrogen and oxygen atoms in total. The summed E-state index contributed by atoms with van der Waals surface area (Å²) >= 11 is 1.72. The molecule has 0 fully saturated rings. The Morgan fingerprint density at radius 3 is 2.70 bits per heavy atom. The first kappa shape index (κ1) is 23.0. The summed E-state index contributed by atoms with van der Waals surface area (Å²) in [5.74, 6) is 0.629. The number of hydrogen-bond acceptors (Lipinski definition) is 5. The lowest BCUT2D eigenvalue weighted by molar-refractivity contribution is -0.116. The van der Waals surface area contributed by atoms with Gasteiger partial charge in [0.1, 0.15) is 5.75 Å². The summed E-state index contributed by atoms with van der Waals surface area (Å²) in [5, 5.41) is 3.97. The number of anilines is 2. The van der Waals surface area contributed by atoms with Crippen LogP contribution in [0, 0.1) is 0 Å². The first-order valence-electron chi connectivity index (χ1n) is 8.23. The topological polar surface area (TPSA) is 77.2 Å². The number of amides is 1. The van der Waals surface area contributed by atoms with Crippen molar-refractivity contribution in [1.82, 2.24) is 4.98 Å². The second-order valence-electron chi connectivity index (χ2n) is 5.78. The summed E-state index contributed by atoms with van der Waals surface area (Å²) in [5.41, 5.74) is 8.06.